The number of hydrogen-bond donors (Lipinski definition) is 2. The number of carbonyl (C=O) groups excluding carboxylic acids is 2. The number of carbonyl (C=O) groups is 2. The van der Waals surface area contributed by atoms with Crippen LogP contribution in [-0.2, 0) is 9.47 Å². The summed E-state index contributed by atoms with van der Waals surface area (Å²) in [5.74, 6) is -2.44. The minimum Gasteiger partial charge on any atom is -0.465 e. The molecule has 2 aromatic rings. The van der Waals surface area contributed by atoms with Crippen molar-refractivity contribution >= 4 is 39.2 Å². The lowest BCUT2D eigenvalue weighted by atomic mass is 10.1. The van der Waals surface area contributed by atoms with Crippen LogP contribution in [0.1, 0.15) is 31.8 Å². The average molecular weight is 445 g/mol. The quantitative estimate of drug-likeness (QED) is 0.539. The molecule has 4 N–H and O–H groups in total. The molecule has 0 aliphatic rings. The predicted molar refractivity (Wildman–Crippen MR) is 101 cm³/mol. The van der Waals surface area contributed by atoms with Crippen LogP contribution in [0.3, 0.4) is 0 Å². The Morgan fingerprint density at radius 1 is 0.926 bits per heavy atom. The minimum atomic E-state index is -0.651. The first-order valence-electron chi connectivity index (χ1n) is 7.52. The Hall–Kier alpha value is -2.68. The van der Waals surface area contributed by atoms with Crippen molar-refractivity contribution in [3.63, 3.8) is 0 Å². The third-order valence-electron chi connectivity index (χ3n) is 3.67. The Kier molecular flexibility index (Phi) is 7.71. The summed E-state index contributed by atoms with van der Waals surface area (Å²) in [5, 5.41) is 0. The van der Waals surface area contributed by atoms with Crippen molar-refractivity contribution in [1.29, 1.82) is 0 Å². The Balaban J connectivity index is 0.000000271. The fourth-order valence-corrected chi connectivity index (χ4v) is 2.41. The van der Waals surface area contributed by atoms with Gasteiger partial charge in [-0.15, -0.1) is 0 Å². The van der Waals surface area contributed by atoms with Gasteiger partial charge in [-0.3, -0.25) is 0 Å². The van der Waals surface area contributed by atoms with Crippen LogP contribution in [0.4, 0.5) is 20.2 Å². The van der Waals surface area contributed by atoms with Gasteiger partial charge in [0, 0.05) is 10.0 Å². The zero-order chi connectivity index (χ0) is 20.9. The molecule has 0 atom stereocenters. The number of esters is 2. The molecule has 0 amide bonds. The second-order valence-electron chi connectivity index (χ2n) is 5.40. The third-order valence-corrected chi connectivity index (χ3v) is 4.49. The fraction of sp³-hybridized carbons (Fsp3) is 0.222. The zero-order valence-corrected chi connectivity index (χ0v) is 16.7. The molecule has 146 valence electrons. The van der Waals surface area contributed by atoms with Crippen LogP contribution in [0, 0.1) is 25.5 Å². The van der Waals surface area contributed by atoms with Crippen molar-refractivity contribution in [2.24, 2.45) is 0 Å². The standard InChI is InChI=1S/C9H9BrFNO2.C9H10FNO2/c1-4-6(10)3-5(9(13)14-2)8(12)7(4)11;1-5-3-4-6(9(12)13-2)8(11)7(5)10/h3H,12H2,1-2H3;3-4H,11H2,1-2H3. The van der Waals surface area contributed by atoms with Gasteiger partial charge in [0.05, 0.1) is 36.7 Å². The summed E-state index contributed by atoms with van der Waals surface area (Å²) in [6.07, 6.45) is 0. The largest absolute Gasteiger partial charge is 0.465 e. The number of halogens is 3. The molecular weight excluding hydrogens is 426 g/mol. The number of anilines is 2. The number of aryl methyl sites for hydroxylation is 1. The molecule has 0 bridgehead atoms. The van der Waals surface area contributed by atoms with E-state index in [-0.39, 0.29) is 22.5 Å². The van der Waals surface area contributed by atoms with Crippen LogP contribution >= 0.6 is 15.9 Å². The third kappa shape index (κ3) is 4.94. The Bertz CT molecular complexity index is 888. The van der Waals surface area contributed by atoms with Gasteiger partial charge in [-0.05, 0) is 31.5 Å². The van der Waals surface area contributed by atoms with Gasteiger partial charge >= 0.3 is 11.9 Å². The van der Waals surface area contributed by atoms with E-state index in [1.165, 1.54) is 32.4 Å². The van der Waals surface area contributed by atoms with E-state index < -0.39 is 23.6 Å². The molecule has 2 aromatic carbocycles. The highest BCUT2D eigenvalue weighted by Crippen LogP contribution is 2.27. The highest BCUT2D eigenvalue weighted by atomic mass is 79.9. The first-order valence-corrected chi connectivity index (χ1v) is 8.31. The molecule has 0 radical (unpaired) electrons. The lowest BCUT2D eigenvalue weighted by Crippen LogP contribution is -2.08. The van der Waals surface area contributed by atoms with E-state index in [1.807, 2.05) is 0 Å². The van der Waals surface area contributed by atoms with Crippen LogP contribution in [0.15, 0.2) is 22.7 Å². The lowest BCUT2D eigenvalue weighted by Gasteiger charge is -2.08. The van der Waals surface area contributed by atoms with Crippen molar-refractivity contribution < 1.29 is 27.8 Å². The number of rotatable bonds is 2. The maximum absolute atomic E-state index is 13.4. The number of hydrogen-bond acceptors (Lipinski definition) is 6. The van der Waals surface area contributed by atoms with Crippen molar-refractivity contribution in [1.82, 2.24) is 0 Å². The summed E-state index contributed by atoms with van der Waals surface area (Å²) in [7, 11) is 2.44. The fourth-order valence-electron chi connectivity index (χ4n) is 2.01. The maximum Gasteiger partial charge on any atom is 0.340 e. The number of benzene rings is 2. The molecule has 2 rings (SSSR count). The second kappa shape index (κ2) is 9.31. The monoisotopic (exact) mass is 444 g/mol. The van der Waals surface area contributed by atoms with Gasteiger partial charge in [0.15, 0.2) is 5.82 Å². The zero-order valence-electron chi connectivity index (χ0n) is 15.2. The molecule has 0 aliphatic carbocycles. The first-order chi connectivity index (χ1) is 12.6. The lowest BCUT2D eigenvalue weighted by molar-refractivity contribution is 0.0592. The summed E-state index contributed by atoms with van der Waals surface area (Å²) in [6.45, 7) is 3.14. The summed E-state index contributed by atoms with van der Waals surface area (Å²) in [5.41, 5.74) is 11.3. The van der Waals surface area contributed by atoms with Gasteiger partial charge in [0.1, 0.15) is 5.82 Å². The number of ether oxygens (including phenoxy) is 2. The molecule has 6 nitrogen and oxygen atoms in total. The minimum absolute atomic E-state index is 0.0301. The van der Waals surface area contributed by atoms with E-state index in [0.29, 0.717) is 15.6 Å². The normalized spacial score (nSPS) is 9.89. The molecule has 9 heteroatoms. The number of nitrogen functional groups attached to an aromatic ring is 2. The Morgan fingerprint density at radius 3 is 1.93 bits per heavy atom. The van der Waals surface area contributed by atoms with E-state index in [0.717, 1.165) is 0 Å². The first kappa shape index (κ1) is 22.4. The highest BCUT2D eigenvalue weighted by Gasteiger charge is 2.17. The summed E-state index contributed by atoms with van der Waals surface area (Å²) >= 11 is 3.13. The van der Waals surface area contributed by atoms with Crippen LogP contribution in [0.25, 0.3) is 0 Å². The van der Waals surface area contributed by atoms with Crippen molar-refractivity contribution in [3.8, 4) is 0 Å². The molecule has 0 spiro atoms. The Morgan fingerprint density at radius 2 is 1.41 bits per heavy atom. The summed E-state index contributed by atoms with van der Waals surface area (Å²) in [4.78, 5) is 22.2. The van der Waals surface area contributed by atoms with E-state index >= 15 is 0 Å². The molecule has 0 fully saturated rings. The van der Waals surface area contributed by atoms with E-state index in [1.54, 1.807) is 13.8 Å². The van der Waals surface area contributed by atoms with Gasteiger partial charge < -0.3 is 20.9 Å². The molecule has 27 heavy (non-hydrogen) atoms. The van der Waals surface area contributed by atoms with Gasteiger partial charge in [-0.2, -0.15) is 0 Å². The summed E-state index contributed by atoms with van der Waals surface area (Å²) in [6, 6.07) is 4.37. The molecule has 0 heterocycles. The topological polar surface area (TPSA) is 105 Å². The highest BCUT2D eigenvalue weighted by molar-refractivity contribution is 9.10. The van der Waals surface area contributed by atoms with Crippen molar-refractivity contribution in [2.75, 3.05) is 25.7 Å². The number of nitrogens with two attached hydrogens (primary N) is 2. The van der Waals surface area contributed by atoms with Crippen molar-refractivity contribution in [3.05, 3.63) is 56.6 Å². The van der Waals surface area contributed by atoms with E-state index in [9.17, 15) is 18.4 Å². The molecular formula is C18H19BrF2N2O4. The molecule has 0 aromatic heterocycles. The molecule has 0 saturated carbocycles. The molecule has 0 saturated heterocycles. The van der Waals surface area contributed by atoms with E-state index in [4.69, 9.17) is 11.5 Å². The van der Waals surface area contributed by atoms with Crippen LogP contribution in [0.5, 0.6) is 0 Å². The van der Waals surface area contributed by atoms with Crippen molar-refractivity contribution in [2.45, 2.75) is 13.8 Å². The second-order valence-corrected chi connectivity index (χ2v) is 6.25. The number of methoxy groups -OCH3 is 2. The van der Waals surface area contributed by atoms with E-state index in [2.05, 4.69) is 25.4 Å². The Labute approximate surface area is 163 Å². The van der Waals surface area contributed by atoms with Crippen LogP contribution in [-0.4, -0.2) is 26.2 Å². The van der Waals surface area contributed by atoms with Gasteiger partial charge in [-0.25, -0.2) is 18.4 Å². The smallest absolute Gasteiger partial charge is 0.340 e. The predicted octanol–water partition coefficient (Wildman–Crippen LogP) is 3.77. The van der Waals surface area contributed by atoms with Gasteiger partial charge in [0.2, 0.25) is 0 Å². The van der Waals surface area contributed by atoms with Gasteiger partial charge in [-0.1, -0.05) is 22.0 Å². The van der Waals surface area contributed by atoms with Crippen LogP contribution in [0.2, 0.25) is 0 Å². The molecule has 0 unspecified atom stereocenters. The summed E-state index contributed by atoms with van der Waals surface area (Å²) < 4.78 is 35.9. The van der Waals surface area contributed by atoms with Crippen LogP contribution < -0.4 is 11.5 Å². The SMILES string of the molecule is COC(=O)c1cc(Br)c(C)c(F)c1N.COC(=O)c1ccc(C)c(F)c1N. The maximum atomic E-state index is 13.4. The average Bonchev–Trinajstić information content (AvgIpc) is 2.66. The van der Waals surface area contributed by atoms with Gasteiger partial charge in [0.25, 0.3) is 0 Å². The molecule has 0 aliphatic heterocycles.